The van der Waals surface area contributed by atoms with Crippen molar-refractivity contribution in [3.63, 3.8) is 0 Å². The summed E-state index contributed by atoms with van der Waals surface area (Å²) < 4.78 is 0. The van der Waals surface area contributed by atoms with Gasteiger partial charge in [-0.15, -0.1) is 0 Å². The van der Waals surface area contributed by atoms with Crippen LogP contribution in [-0.2, 0) is 0 Å². The van der Waals surface area contributed by atoms with Crippen molar-refractivity contribution < 1.29 is 0 Å². The van der Waals surface area contributed by atoms with Gasteiger partial charge in [0.05, 0.1) is 0 Å². The summed E-state index contributed by atoms with van der Waals surface area (Å²) in [5, 5.41) is 3.56. The van der Waals surface area contributed by atoms with Gasteiger partial charge in [0, 0.05) is 12.6 Å². The number of nitrogens with two attached hydrogens (primary N) is 1. The van der Waals surface area contributed by atoms with Crippen LogP contribution in [0.25, 0.3) is 0 Å². The molecule has 0 aliphatic carbocycles. The van der Waals surface area contributed by atoms with Crippen molar-refractivity contribution >= 4 is 0 Å². The van der Waals surface area contributed by atoms with Gasteiger partial charge in [-0.3, -0.25) is 0 Å². The zero-order valence-electron chi connectivity index (χ0n) is 12.9. The van der Waals surface area contributed by atoms with Crippen LogP contribution in [0.4, 0.5) is 0 Å². The summed E-state index contributed by atoms with van der Waals surface area (Å²) in [6.07, 6.45) is 2.17. The van der Waals surface area contributed by atoms with E-state index in [1.807, 2.05) is 6.07 Å². The molecule has 0 aromatic heterocycles. The Morgan fingerprint density at radius 3 is 2.37 bits per heavy atom. The molecule has 0 aliphatic rings. The molecule has 0 heterocycles. The van der Waals surface area contributed by atoms with Gasteiger partial charge in [0.25, 0.3) is 0 Å². The first-order chi connectivity index (χ1) is 8.93. The van der Waals surface area contributed by atoms with Gasteiger partial charge in [0.15, 0.2) is 0 Å². The van der Waals surface area contributed by atoms with E-state index in [0.29, 0.717) is 11.3 Å². The van der Waals surface area contributed by atoms with Crippen molar-refractivity contribution in [1.82, 2.24) is 5.32 Å². The minimum atomic E-state index is 0.168. The van der Waals surface area contributed by atoms with Gasteiger partial charge in [-0.25, -0.2) is 0 Å². The zero-order chi connectivity index (χ0) is 14.3. The second-order valence-corrected chi connectivity index (χ2v) is 6.48. The first-order valence-corrected chi connectivity index (χ1v) is 7.44. The lowest BCUT2D eigenvalue weighted by Crippen LogP contribution is -2.34. The third kappa shape index (κ3) is 5.75. The molecule has 2 heteroatoms. The third-order valence-corrected chi connectivity index (χ3v) is 4.24. The van der Waals surface area contributed by atoms with Crippen molar-refractivity contribution in [2.45, 2.75) is 46.6 Å². The Kier molecular flexibility index (Phi) is 6.53. The quantitative estimate of drug-likeness (QED) is 0.700. The minimum absolute atomic E-state index is 0.168. The molecule has 2 nitrogen and oxygen atoms in total. The first kappa shape index (κ1) is 16.2. The van der Waals surface area contributed by atoms with Gasteiger partial charge < -0.3 is 11.1 Å². The van der Waals surface area contributed by atoms with Crippen LogP contribution in [0.15, 0.2) is 30.3 Å². The smallest absolute Gasteiger partial charge is 0.0295 e. The average molecular weight is 262 g/mol. The van der Waals surface area contributed by atoms with Crippen LogP contribution in [0.3, 0.4) is 0 Å². The van der Waals surface area contributed by atoms with Crippen molar-refractivity contribution in [2.24, 2.45) is 17.1 Å². The van der Waals surface area contributed by atoms with Crippen LogP contribution in [0.5, 0.6) is 0 Å². The molecule has 1 rings (SSSR count). The normalized spacial score (nSPS) is 13.8. The van der Waals surface area contributed by atoms with Crippen LogP contribution < -0.4 is 11.1 Å². The molecule has 0 spiro atoms. The van der Waals surface area contributed by atoms with E-state index in [2.05, 4.69) is 57.3 Å². The largest absolute Gasteiger partial charge is 0.324 e. The Balaban J connectivity index is 2.18. The molecule has 1 atom stereocenters. The fraction of sp³-hybridized carbons (Fsp3) is 0.647. The van der Waals surface area contributed by atoms with E-state index >= 15 is 0 Å². The fourth-order valence-electron chi connectivity index (χ4n) is 1.93. The molecule has 19 heavy (non-hydrogen) atoms. The van der Waals surface area contributed by atoms with Gasteiger partial charge in [0.2, 0.25) is 0 Å². The van der Waals surface area contributed by atoms with Crippen molar-refractivity contribution in [3.05, 3.63) is 35.9 Å². The second kappa shape index (κ2) is 7.66. The molecule has 0 bridgehead atoms. The number of rotatable bonds is 8. The summed E-state index contributed by atoms with van der Waals surface area (Å²) in [5.41, 5.74) is 7.79. The van der Waals surface area contributed by atoms with E-state index in [0.717, 1.165) is 25.9 Å². The molecule has 1 aromatic rings. The lowest BCUT2D eigenvalue weighted by molar-refractivity contribution is 0.238. The van der Waals surface area contributed by atoms with Crippen molar-refractivity contribution in [1.29, 1.82) is 0 Å². The van der Waals surface area contributed by atoms with Gasteiger partial charge >= 0.3 is 0 Å². The van der Waals surface area contributed by atoms with E-state index < -0.39 is 0 Å². The Labute approximate surface area is 118 Å². The lowest BCUT2D eigenvalue weighted by atomic mass is 9.81. The molecule has 0 amide bonds. The second-order valence-electron chi connectivity index (χ2n) is 6.48. The Morgan fingerprint density at radius 2 is 1.79 bits per heavy atom. The zero-order valence-corrected chi connectivity index (χ0v) is 12.9. The number of nitrogens with one attached hydrogen (secondary N) is 1. The number of hydrogen-bond donors (Lipinski definition) is 2. The molecule has 0 saturated carbocycles. The number of hydrogen-bond acceptors (Lipinski definition) is 2. The lowest BCUT2D eigenvalue weighted by Gasteiger charge is -2.29. The molecule has 1 aromatic carbocycles. The average Bonchev–Trinajstić information content (AvgIpc) is 2.38. The SMILES string of the molecule is CC(C)C(C)(C)CNCCCC(N)c1ccccc1. The van der Waals surface area contributed by atoms with Crippen LogP contribution in [-0.4, -0.2) is 13.1 Å². The maximum absolute atomic E-state index is 6.18. The Morgan fingerprint density at radius 1 is 1.16 bits per heavy atom. The number of benzene rings is 1. The van der Waals surface area contributed by atoms with E-state index in [9.17, 15) is 0 Å². The van der Waals surface area contributed by atoms with Gasteiger partial charge in [-0.1, -0.05) is 58.0 Å². The maximum Gasteiger partial charge on any atom is 0.0295 e. The van der Waals surface area contributed by atoms with Crippen LogP contribution in [0.2, 0.25) is 0 Å². The van der Waals surface area contributed by atoms with E-state index in [4.69, 9.17) is 5.73 Å². The minimum Gasteiger partial charge on any atom is -0.324 e. The molecule has 0 fully saturated rings. The first-order valence-electron chi connectivity index (χ1n) is 7.44. The molecule has 0 radical (unpaired) electrons. The van der Waals surface area contributed by atoms with Gasteiger partial charge in [-0.05, 0) is 36.3 Å². The van der Waals surface area contributed by atoms with Gasteiger partial charge in [0.1, 0.15) is 0 Å². The van der Waals surface area contributed by atoms with Crippen molar-refractivity contribution in [2.75, 3.05) is 13.1 Å². The highest BCUT2D eigenvalue weighted by atomic mass is 14.9. The molecular weight excluding hydrogens is 232 g/mol. The van der Waals surface area contributed by atoms with Crippen LogP contribution >= 0.6 is 0 Å². The molecule has 0 saturated heterocycles. The maximum atomic E-state index is 6.18. The van der Waals surface area contributed by atoms with Gasteiger partial charge in [-0.2, -0.15) is 0 Å². The topological polar surface area (TPSA) is 38.0 Å². The molecular formula is C17H30N2. The Bertz CT molecular complexity index is 344. The summed E-state index contributed by atoms with van der Waals surface area (Å²) in [4.78, 5) is 0. The predicted molar refractivity (Wildman–Crippen MR) is 84.1 cm³/mol. The summed E-state index contributed by atoms with van der Waals surface area (Å²) in [6, 6.07) is 10.5. The summed E-state index contributed by atoms with van der Waals surface area (Å²) in [5.74, 6) is 0.701. The predicted octanol–water partition coefficient (Wildman–Crippen LogP) is 3.74. The highest BCUT2D eigenvalue weighted by molar-refractivity contribution is 5.18. The van der Waals surface area contributed by atoms with Crippen molar-refractivity contribution in [3.8, 4) is 0 Å². The van der Waals surface area contributed by atoms with E-state index in [1.54, 1.807) is 0 Å². The van der Waals surface area contributed by atoms with E-state index in [-0.39, 0.29) is 6.04 Å². The molecule has 1 unspecified atom stereocenters. The fourth-order valence-corrected chi connectivity index (χ4v) is 1.93. The third-order valence-electron chi connectivity index (χ3n) is 4.24. The highest BCUT2D eigenvalue weighted by Crippen LogP contribution is 2.24. The summed E-state index contributed by atoms with van der Waals surface area (Å²) >= 11 is 0. The molecule has 108 valence electrons. The summed E-state index contributed by atoms with van der Waals surface area (Å²) in [6.45, 7) is 11.3. The molecule has 0 aliphatic heterocycles. The summed E-state index contributed by atoms with van der Waals surface area (Å²) in [7, 11) is 0. The van der Waals surface area contributed by atoms with Crippen LogP contribution in [0, 0.1) is 11.3 Å². The standard InChI is InChI=1S/C17H30N2/c1-14(2)17(3,4)13-19-12-8-11-16(18)15-9-6-5-7-10-15/h5-7,9-10,14,16,19H,8,11-13,18H2,1-4H3. The van der Waals surface area contributed by atoms with E-state index in [1.165, 1.54) is 5.56 Å². The molecule has 3 N–H and O–H groups in total. The van der Waals surface area contributed by atoms with Crippen LogP contribution in [0.1, 0.15) is 52.1 Å². The monoisotopic (exact) mass is 262 g/mol. The Hall–Kier alpha value is -0.860. The highest BCUT2D eigenvalue weighted by Gasteiger charge is 2.21.